The predicted molar refractivity (Wildman–Crippen MR) is 110 cm³/mol. The summed E-state index contributed by atoms with van der Waals surface area (Å²) in [6.07, 6.45) is 5.03. The molecule has 2 atom stereocenters. The summed E-state index contributed by atoms with van der Waals surface area (Å²) in [5.41, 5.74) is 6.33. The van der Waals surface area contributed by atoms with Crippen molar-refractivity contribution in [2.45, 2.75) is 71.9 Å². The summed E-state index contributed by atoms with van der Waals surface area (Å²) in [6.45, 7) is 8.10. The minimum Gasteiger partial charge on any atom is -0.480 e. The van der Waals surface area contributed by atoms with Crippen LogP contribution in [0.2, 0.25) is 0 Å². The van der Waals surface area contributed by atoms with E-state index in [1.807, 2.05) is 32.9 Å². The Bertz CT molecular complexity index is 812. The summed E-state index contributed by atoms with van der Waals surface area (Å²) in [6, 6.07) is 12.7. The van der Waals surface area contributed by atoms with Crippen LogP contribution in [0.1, 0.15) is 67.0 Å². The van der Waals surface area contributed by atoms with Crippen molar-refractivity contribution in [1.82, 2.24) is 5.32 Å². The van der Waals surface area contributed by atoms with Gasteiger partial charge in [0, 0.05) is 0 Å². The van der Waals surface area contributed by atoms with Crippen molar-refractivity contribution in [3.63, 3.8) is 0 Å². The largest absolute Gasteiger partial charge is 0.480 e. The van der Waals surface area contributed by atoms with Gasteiger partial charge in [-0.1, -0.05) is 42.8 Å². The Morgan fingerprint density at radius 3 is 2.52 bits per heavy atom. The maximum Gasteiger partial charge on any atom is 0.261 e. The normalized spacial score (nSPS) is 15.6. The standard InChI is InChI=1S/C24H31NO2/c1-5-22(27-23-13-10-16(2)14-17(23)3)24(26)25-18(4)20-12-11-19-8-6-7-9-21(19)15-20/h10-15,18,22H,5-9H2,1-4H3,(H,25,26). The van der Waals surface area contributed by atoms with Gasteiger partial charge in [0.2, 0.25) is 0 Å². The van der Waals surface area contributed by atoms with Crippen LogP contribution in [0.25, 0.3) is 0 Å². The van der Waals surface area contributed by atoms with Gasteiger partial charge in [-0.3, -0.25) is 4.79 Å². The molecule has 0 spiro atoms. The van der Waals surface area contributed by atoms with Crippen LogP contribution in [0.15, 0.2) is 36.4 Å². The molecular formula is C24H31NO2. The van der Waals surface area contributed by atoms with Crippen molar-refractivity contribution in [2.24, 2.45) is 0 Å². The molecule has 1 N–H and O–H groups in total. The summed E-state index contributed by atoms with van der Waals surface area (Å²) in [4.78, 5) is 12.8. The molecule has 0 heterocycles. The first-order valence-corrected chi connectivity index (χ1v) is 10.1. The van der Waals surface area contributed by atoms with E-state index in [4.69, 9.17) is 4.74 Å². The molecule has 0 radical (unpaired) electrons. The van der Waals surface area contributed by atoms with E-state index in [2.05, 4.69) is 36.5 Å². The molecule has 0 fully saturated rings. The van der Waals surface area contributed by atoms with Crippen molar-refractivity contribution in [3.8, 4) is 5.75 Å². The summed E-state index contributed by atoms with van der Waals surface area (Å²) in [7, 11) is 0. The third-order valence-corrected chi connectivity index (χ3v) is 5.49. The Kier molecular flexibility index (Phi) is 6.20. The molecule has 1 aliphatic carbocycles. The Hall–Kier alpha value is -2.29. The number of amides is 1. The SMILES string of the molecule is CCC(Oc1ccc(C)cc1C)C(=O)NC(C)c1ccc2c(c1)CCCC2. The third-order valence-electron chi connectivity index (χ3n) is 5.49. The number of benzene rings is 2. The monoisotopic (exact) mass is 365 g/mol. The van der Waals surface area contributed by atoms with Crippen molar-refractivity contribution < 1.29 is 9.53 Å². The number of hydrogen-bond acceptors (Lipinski definition) is 2. The number of ether oxygens (including phenoxy) is 1. The fraction of sp³-hybridized carbons (Fsp3) is 0.458. The van der Waals surface area contributed by atoms with Crippen molar-refractivity contribution in [3.05, 3.63) is 64.2 Å². The zero-order chi connectivity index (χ0) is 19.4. The first-order chi connectivity index (χ1) is 13.0. The van der Waals surface area contributed by atoms with E-state index in [0.29, 0.717) is 6.42 Å². The number of aryl methyl sites for hydroxylation is 4. The molecule has 3 heteroatoms. The summed E-state index contributed by atoms with van der Waals surface area (Å²) in [5.74, 6) is 0.728. The fourth-order valence-electron chi connectivity index (χ4n) is 3.82. The highest BCUT2D eigenvalue weighted by Gasteiger charge is 2.22. The second-order valence-corrected chi connectivity index (χ2v) is 7.75. The first kappa shape index (κ1) is 19.5. The van der Waals surface area contributed by atoms with Gasteiger partial charge < -0.3 is 10.1 Å². The van der Waals surface area contributed by atoms with E-state index in [1.54, 1.807) is 0 Å². The summed E-state index contributed by atoms with van der Waals surface area (Å²) < 4.78 is 6.03. The van der Waals surface area contributed by atoms with Crippen LogP contribution in [0, 0.1) is 13.8 Å². The Balaban J connectivity index is 1.67. The lowest BCUT2D eigenvalue weighted by Gasteiger charge is -2.23. The van der Waals surface area contributed by atoms with E-state index in [9.17, 15) is 4.79 Å². The van der Waals surface area contributed by atoms with Crippen LogP contribution in [0.5, 0.6) is 5.75 Å². The van der Waals surface area contributed by atoms with Gasteiger partial charge in [0.15, 0.2) is 6.10 Å². The fourth-order valence-corrected chi connectivity index (χ4v) is 3.82. The van der Waals surface area contributed by atoms with Gasteiger partial charge in [-0.15, -0.1) is 0 Å². The lowest BCUT2D eigenvalue weighted by molar-refractivity contribution is -0.128. The highest BCUT2D eigenvalue weighted by molar-refractivity contribution is 5.81. The van der Waals surface area contributed by atoms with Gasteiger partial charge in [-0.05, 0) is 81.2 Å². The number of rotatable bonds is 6. The Morgan fingerprint density at radius 1 is 1.07 bits per heavy atom. The lowest BCUT2D eigenvalue weighted by Crippen LogP contribution is -2.39. The number of nitrogens with one attached hydrogen (secondary N) is 1. The predicted octanol–water partition coefficient (Wildman–Crippen LogP) is 5.22. The molecule has 144 valence electrons. The topological polar surface area (TPSA) is 38.3 Å². The highest BCUT2D eigenvalue weighted by atomic mass is 16.5. The summed E-state index contributed by atoms with van der Waals surface area (Å²) in [5, 5.41) is 3.14. The van der Waals surface area contributed by atoms with Crippen LogP contribution in [-0.2, 0) is 17.6 Å². The number of carbonyl (C=O) groups excluding carboxylic acids is 1. The third kappa shape index (κ3) is 4.71. The molecule has 3 rings (SSSR count). The Labute approximate surface area is 163 Å². The lowest BCUT2D eigenvalue weighted by atomic mass is 9.89. The van der Waals surface area contributed by atoms with Crippen LogP contribution < -0.4 is 10.1 Å². The van der Waals surface area contributed by atoms with E-state index in [-0.39, 0.29) is 11.9 Å². The molecule has 2 aromatic carbocycles. The highest BCUT2D eigenvalue weighted by Crippen LogP contribution is 2.25. The van der Waals surface area contributed by atoms with Gasteiger partial charge in [-0.25, -0.2) is 0 Å². The van der Waals surface area contributed by atoms with Crippen LogP contribution in [0.3, 0.4) is 0 Å². The quantitative estimate of drug-likeness (QED) is 0.762. The molecule has 0 bridgehead atoms. The van der Waals surface area contributed by atoms with Crippen LogP contribution in [0.4, 0.5) is 0 Å². The number of fused-ring (bicyclic) bond motifs is 1. The molecule has 0 saturated heterocycles. The maximum absolute atomic E-state index is 12.8. The molecule has 0 saturated carbocycles. The van der Waals surface area contributed by atoms with Gasteiger partial charge in [0.05, 0.1) is 6.04 Å². The molecule has 1 amide bonds. The van der Waals surface area contributed by atoms with Crippen molar-refractivity contribution in [2.75, 3.05) is 0 Å². The van der Waals surface area contributed by atoms with Gasteiger partial charge >= 0.3 is 0 Å². The smallest absolute Gasteiger partial charge is 0.261 e. The number of carbonyl (C=O) groups is 1. The molecule has 0 aliphatic heterocycles. The van der Waals surface area contributed by atoms with Gasteiger partial charge in [0.25, 0.3) is 5.91 Å². The molecule has 2 aromatic rings. The molecule has 3 nitrogen and oxygen atoms in total. The minimum atomic E-state index is -0.480. The number of hydrogen-bond donors (Lipinski definition) is 1. The molecule has 0 aromatic heterocycles. The molecule has 1 aliphatic rings. The van der Waals surface area contributed by atoms with Crippen LogP contribution in [-0.4, -0.2) is 12.0 Å². The molecule has 2 unspecified atom stereocenters. The zero-order valence-corrected chi connectivity index (χ0v) is 17.0. The van der Waals surface area contributed by atoms with Gasteiger partial charge in [0.1, 0.15) is 5.75 Å². The Morgan fingerprint density at radius 2 is 1.81 bits per heavy atom. The van der Waals surface area contributed by atoms with Gasteiger partial charge in [-0.2, -0.15) is 0 Å². The van der Waals surface area contributed by atoms with E-state index in [1.165, 1.54) is 41.5 Å². The summed E-state index contributed by atoms with van der Waals surface area (Å²) >= 11 is 0. The average Bonchev–Trinajstić information content (AvgIpc) is 2.66. The maximum atomic E-state index is 12.8. The second-order valence-electron chi connectivity index (χ2n) is 7.75. The second kappa shape index (κ2) is 8.60. The van der Waals surface area contributed by atoms with E-state index < -0.39 is 6.10 Å². The first-order valence-electron chi connectivity index (χ1n) is 10.1. The van der Waals surface area contributed by atoms with Crippen molar-refractivity contribution in [1.29, 1.82) is 0 Å². The van der Waals surface area contributed by atoms with Crippen molar-refractivity contribution >= 4 is 5.91 Å². The van der Waals surface area contributed by atoms with E-state index in [0.717, 1.165) is 17.7 Å². The zero-order valence-electron chi connectivity index (χ0n) is 17.0. The minimum absolute atomic E-state index is 0.0264. The molecular weight excluding hydrogens is 334 g/mol. The van der Waals surface area contributed by atoms with Crippen LogP contribution >= 0.6 is 0 Å². The molecule has 27 heavy (non-hydrogen) atoms. The van der Waals surface area contributed by atoms with E-state index >= 15 is 0 Å². The average molecular weight is 366 g/mol.